The minimum Gasteiger partial charge on any atom is -0.487 e. The van der Waals surface area contributed by atoms with Crippen molar-refractivity contribution in [2.45, 2.75) is 51.8 Å². The molecular formula is C16H24N2O2. The first-order chi connectivity index (χ1) is 9.30. The van der Waals surface area contributed by atoms with Crippen molar-refractivity contribution >= 4 is 5.91 Å². The van der Waals surface area contributed by atoms with E-state index in [4.69, 9.17) is 10.5 Å². The van der Waals surface area contributed by atoms with Gasteiger partial charge in [0.05, 0.1) is 6.04 Å². The lowest BCUT2D eigenvalue weighted by atomic mass is 9.88. The molecule has 4 heteroatoms. The maximum absolute atomic E-state index is 11.6. The van der Waals surface area contributed by atoms with E-state index in [-0.39, 0.29) is 29.5 Å². The quantitative estimate of drug-likeness (QED) is 0.887. The van der Waals surface area contributed by atoms with Crippen molar-refractivity contribution in [3.63, 3.8) is 0 Å². The van der Waals surface area contributed by atoms with Gasteiger partial charge in [0.2, 0.25) is 5.91 Å². The van der Waals surface area contributed by atoms with E-state index >= 15 is 0 Å². The van der Waals surface area contributed by atoms with Crippen molar-refractivity contribution < 1.29 is 9.53 Å². The van der Waals surface area contributed by atoms with Gasteiger partial charge in [-0.25, -0.2) is 0 Å². The standard InChI is InChI=1S/C16H24N2O2/c1-10(2)14(15(17)19)18-12-9-16(3,4)20-13-8-6-5-7-11(12)13/h5-8,10,12,14,18H,9H2,1-4H3,(H2,17,19). The highest BCUT2D eigenvalue weighted by atomic mass is 16.5. The van der Waals surface area contributed by atoms with Crippen LogP contribution in [0.1, 0.15) is 45.7 Å². The SMILES string of the molecule is CC(C)C(NC1CC(C)(C)Oc2ccccc21)C(N)=O. The highest BCUT2D eigenvalue weighted by molar-refractivity contribution is 5.80. The van der Waals surface area contributed by atoms with Gasteiger partial charge in [0, 0.05) is 18.0 Å². The Labute approximate surface area is 120 Å². The van der Waals surface area contributed by atoms with Gasteiger partial charge in [0.1, 0.15) is 11.4 Å². The largest absolute Gasteiger partial charge is 0.487 e. The van der Waals surface area contributed by atoms with E-state index in [2.05, 4.69) is 19.2 Å². The monoisotopic (exact) mass is 276 g/mol. The summed E-state index contributed by atoms with van der Waals surface area (Å²) in [5, 5.41) is 3.41. The number of hydrogen-bond acceptors (Lipinski definition) is 3. The maximum atomic E-state index is 11.6. The molecule has 1 aromatic rings. The van der Waals surface area contributed by atoms with Crippen LogP contribution in [0.25, 0.3) is 0 Å². The first kappa shape index (κ1) is 14.9. The second-order valence-electron chi connectivity index (χ2n) is 6.45. The fourth-order valence-electron chi connectivity index (χ4n) is 2.77. The summed E-state index contributed by atoms with van der Waals surface area (Å²) in [6.45, 7) is 8.12. The third kappa shape index (κ3) is 3.12. The number of fused-ring (bicyclic) bond motifs is 1. The normalized spacial score (nSPS) is 21.9. The van der Waals surface area contributed by atoms with Crippen LogP contribution in [-0.4, -0.2) is 17.6 Å². The van der Waals surface area contributed by atoms with E-state index < -0.39 is 0 Å². The molecule has 1 amide bonds. The number of nitrogens with one attached hydrogen (secondary N) is 1. The summed E-state index contributed by atoms with van der Waals surface area (Å²) in [4.78, 5) is 11.6. The van der Waals surface area contributed by atoms with E-state index in [1.807, 2.05) is 38.1 Å². The van der Waals surface area contributed by atoms with E-state index in [0.717, 1.165) is 17.7 Å². The van der Waals surface area contributed by atoms with Crippen LogP contribution in [0, 0.1) is 5.92 Å². The summed E-state index contributed by atoms with van der Waals surface area (Å²) >= 11 is 0. The Morgan fingerprint density at radius 3 is 2.65 bits per heavy atom. The zero-order chi connectivity index (χ0) is 14.9. The van der Waals surface area contributed by atoms with Crippen LogP contribution >= 0.6 is 0 Å². The maximum Gasteiger partial charge on any atom is 0.234 e. The molecule has 3 N–H and O–H groups in total. The summed E-state index contributed by atoms with van der Waals surface area (Å²) in [5.74, 6) is 0.737. The lowest BCUT2D eigenvalue weighted by Crippen LogP contribution is -2.49. The van der Waals surface area contributed by atoms with Crippen LogP contribution in [0.15, 0.2) is 24.3 Å². The predicted octanol–water partition coefficient (Wildman–Crippen LogP) is 2.39. The number of para-hydroxylation sites is 1. The molecule has 0 saturated heterocycles. The molecule has 4 nitrogen and oxygen atoms in total. The minimum atomic E-state index is -0.332. The molecule has 110 valence electrons. The van der Waals surface area contributed by atoms with Crippen LogP contribution < -0.4 is 15.8 Å². The van der Waals surface area contributed by atoms with Crippen LogP contribution in [0.3, 0.4) is 0 Å². The molecule has 0 saturated carbocycles. The Kier molecular flexibility index (Phi) is 4.04. The smallest absolute Gasteiger partial charge is 0.234 e. The van der Waals surface area contributed by atoms with Gasteiger partial charge >= 0.3 is 0 Å². The number of nitrogens with two attached hydrogens (primary N) is 1. The van der Waals surface area contributed by atoms with Crippen molar-refractivity contribution in [1.82, 2.24) is 5.32 Å². The summed E-state index contributed by atoms with van der Waals surface area (Å²) in [6, 6.07) is 7.71. The zero-order valence-corrected chi connectivity index (χ0v) is 12.6. The third-order valence-corrected chi connectivity index (χ3v) is 3.73. The van der Waals surface area contributed by atoms with Gasteiger partial charge in [-0.2, -0.15) is 0 Å². The topological polar surface area (TPSA) is 64.3 Å². The Balaban J connectivity index is 2.29. The molecule has 0 aromatic heterocycles. The van der Waals surface area contributed by atoms with Gasteiger partial charge in [0.25, 0.3) is 0 Å². The zero-order valence-electron chi connectivity index (χ0n) is 12.6. The van der Waals surface area contributed by atoms with Gasteiger partial charge < -0.3 is 10.5 Å². The summed E-state index contributed by atoms with van der Waals surface area (Å²) in [5.41, 5.74) is 6.35. The number of carbonyl (C=O) groups is 1. The average molecular weight is 276 g/mol. The molecule has 0 bridgehead atoms. The lowest BCUT2D eigenvalue weighted by molar-refractivity contribution is -0.121. The Bertz CT molecular complexity index is 497. The first-order valence-electron chi connectivity index (χ1n) is 7.13. The molecule has 20 heavy (non-hydrogen) atoms. The summed E-state index contributed by atoms with van der Waals surface area (Å²) in [7, 11) is 0. The van der Waals surface area contributed by atoms with Crippen molar-refractivity contribution in [2.24, 2.45) is 11.7 Å². The van der Waals surface area contributed by atoms with Gasteiger partial charge in [-0.05, 0) is 25.8 Å². The number of primary amides is 1. The molecule has 1 aromatic carbocycles. The second kappa shape index (κ2) is 5.44. The van der Waals surface area contributed by atoms with Crippen molar-refractivity contribution in [3.8, 4) is 5.75 Å². The van der Waals surface area contributed by atoms with E-state index in [1.54, 1.807) is 0 Å². The van der Waals surface area contributed by atoms with Gasteiger partial charge in [0.15, 0.2) is 0 Å². The Hall–Kier alpha value is -1.55. The van der Waals surface area contributed by atoms with E-state index in [1.165, 1.54) is 0 Å². The molecule has 1 aliphatic rings. The molecule has 1 heterocycles. The number of ether oxygens (including phenoxy) is 1. The molecule has 2 rings (SSSR count). The summed E-state index contributed by atoms with van der Waals surface area (Å²) in [6.07, 6.45) is 0.806. The van der Waals surface area contributed by atoms with Crippen LogP contribution in [-0.2, 0) is 4.79 Å². The predicted molar refractivity (Wildman–Crippen MR) is 79.5 cm³/mol. The minimum absolute atomic E-state index is 0.0786. The van der Waals surface area contributed by atoms with Crippen LogP contribution in [0.2, 0.25) is 0 Å². The molecule has 2 atom stereocenters. The van der Waals surface area contributed by atoms with Gasteiger partial charge in [-0.3, -0.25) is 10.1 Å². The number of benzene rings is 1. The first-order valence-corrected chi connectivity index (χ1v) is 7.13. The molecule has 2 unspecified atom stereocenters. The molecule has 0 spiro atoms. The molecule has 0 radical (unpaired) electrons. The molecular weight excluding hydrogens is 252 g/mol. The number of carbonyl (C=O) groups excluding carboxylic acids is 1. The highest BCUT2D eigenvalue weighted by Gasteiger charge is 2.35. The Morgan fingerprint density at radius 2 is 2.05 bits per heavy atom. The molecule has 0 fully saturated rings. The van der Waals surface area contributed by atoms with Crippen molar-refractivity contribution in [2.75, 3.05) is 0 Å². The van der Waals surface area contributed by atoms with Crippen molar-refractivity contribution in [3.05, 3.63) is 29.8 Å². The fraction of sp³-hybridized carbons (Fsp3) is 0.562. The van der Waals surface area contributed by atoms with E-state index in [0.29, 0.717) is 0 Å². The second-order valence-corrected chi connectivity index (χ2v) is 6.45. The Morgan fingerprint density at radius 1 is 1.40 bits per heavy atom. The van der Waals surface area contributed by atoms with Crippen LogP contribution in [0.5, 0.6) is 5.75 Å². The average Bonchev–Trinajstić information content (AvgIpc) is 2.33. The number of amides is 1. The molecule has 0 aliphatic carbocycles. The molecule has 1 aliphatic heterocycles. The van der Waals surface area contributed by atoms with Crippen molar-refractivity contribution in [1.29, 1.82) is 0 Å². The van der Waals surface area contributed by atoms with Crippen LogP contribution in [0.4, 0.5) is 0 Å². The highest BCUT2D eigenvalue weighted by Crippen LogP contribution is 2.39. The fourth-order valence-corrected chi connectivity index (χ4v) is 2.77. The number of rotatable bonds is 4. The summed E-state index contributed by atoms with van der Waals surface area (Å²) < 4.78 is 6.00. The third-order valence-electron chi connectivity index (χ3n) is 3.73. The van der Waals surface area contributed by atoms with Gasteiger partial charge in [-0.15, -0.1) is 0 Å². The van der Waals surface area contributed by atoms with E-state index in [9.17, 15) is 4.79 Å². The lowest BCUT2D eigenvalue weighted by Gasteiger charge is -2.39. The van der Waals surface area contributed by atoms with Gasteiger partial charge in [-0.1, -0.05) is 32.0 Å². The number of hydrogen-bond donors (Lipinski definition) is 2.